The van der Waals surface area contributed by atoms with Gasteiger partial charge >= 0.3 is 11.6 Å². The van der Waals surface area contributed by atoms with Gasteiger partial charge in [-0.2, -0.15) is 0 Å². The maximum absolute atomic E-state index is 12.6. The molecule has 0 fully saturated rings. The van der Waals surface area contributed by atoms with Crippen LogP contribution in [0, 0.1) is 0 Å². The molecule has 10 heteroatoms. The van der Waals surface area contributed by atoms with E-state index in [4.69, 9.17) is 20.0 Å². The number of carbonyl (C=O) groups is 3. The number of nitrogens with two attached hydrogens (primary N) is 1. The van der Waals surface area contributed by atoms with Crippen LogP contribution in [0.3, 0.4) is 0 Å². The summed E-state index contributed by atoms with van der Waals surface area (Å²) in [5.41, 5.74) is 6.04. The van der Waals surface area contributed by atoms with Crippen LogP contribution >= 0.6 is 0 Å². The lowest BCUT2D eigenvalue weighted by Crippen LogP contribution is -2.30. The Kier molecular flexibility index (Phi) is 5.94. The minimum atomic E-state index is -1.06. The Hall–Kier alpha value is -3.66. The number of ketones is 1. The average Bonchev–Trinajstić information content (AvgIpc) is 3.33. The number of aryl methyl sites for hydroxylation is 1. The molecule has 0 saturated carbocycles. The van der Waals surface area contributed by atoms with Crippen molar-refractivity contribution < 1.29 is 33.8 Å². The molecule has 0 unspecified atom stereocenters. The first-order chi connectivity index (χ1) is 15.7. The van der Waals surface area contributed by atoms with Crippen molar-refractivity contribution in [1.82, 2.24) is 4.90 Å². The molecule has 1 amide bonds. The van der Waals surface area contributed by atoms with Gasteiger partial charge in [0.1, 0.15) is 23.1 Å². The molecule has 0 spiro atoms. The second kappa shape index (κ2) is 8.70. The number of hydrogen-bond acceptors (Lipinski definition) is 8. The van der Waals surface area contributed by atoms with Gasteiger partial charge in [-0.1, -0.05) is 0 Å². The number of fused-ring (bicyclic) bond motifs is 3. The highest BCUT2D eigenvalue weighted by atomic mass is 16.5. The van der Waals surface area contributed by atoms with Gasteiger partial charge in [0.15, 0.2) is 11.4 Å². The smallest absolute Gasteiger partial charge is 0.347 e. The number of nitrogens with zero attached hydrogens (tertiary/aromatic N) is 1. The molecule has 2 aromatic rings. The predicted molar refractivity (Wildman–Crippen MR) is 117 cm³/mol. The van der Waals surface area contributed by atoms with Crippen LogP contribution in [0.5, 0.6) is 11.5 Å². The number of ether oxygens (including phenoxy) is 1. The molecule has 0 saturated heterocycles. The van der Waals surface area contributed by atoms with Crippen LogP contribution in [0.25, 0.3) is 16.5 Å². The minimum Gasteiger partial charge on any atom is -0.507 e. The molecule has 174 valence electrons. The van der Waals surface area contributed by atoms with Gasteiger partial charge in [0.2, 0.25) is 5.91 Å². The van der Waals surface area contributed by atoms with Crippen LogP contribution in [-0.4, -0.2) is 52.5 Å². The Morgan fingerprint density at radius 3 is 2.70 bits per heavy atom. The zero-order valence-corrected chi connectivity index (χ0v) is 18.1. The molecule has 2 aliphatic rings. The Bertz CT molecular complexity index is 1260. The van der Waals surface area contributed by atoms with Crippen LogP contribution in [-0.2, 0) is 16.0 Å². The fourth-order valence-electron chi connectivity index (χ4n) is 4.45. The lowest BCUT2D eigenvalue weighted by molar-refractivity contribution is -0.138. The molecule has 0 bridgehead atoms. The molecule has 1 aromatic heterocycles. The van der Waals surface area contributed by atoms with Gasteiger partial charge in [0, 0.05) is 25.2 Å². The molecular formula is C23H24N2O8. The molecule has 33 heavy (non-hydrogen) atoms. The number of phenolic OH excluding ortho intramolecular Hbond substituents is 1. The summed E-state index contributed by atoms with van der Waals surface area (Å²) in [6.07, 6.45) is 3.52. The summed E-state index contributed by atoms with van der Waals surface area (Å²) in [7, 11) is 1.42. The topological polar surface area (TPSA) is 160 Å². The van der Waals surface area contributed by atoms with Gasteiger partial charge in [-0.25, -0.2) is 4.79 Å². The number of phenols is 1. The first-order valence-electron chi connectivity index (χ1n) is 10.6. The third-order valence-electron chi connectivity index (χ3n) is 6.10. The Morgan fingerprint density at radius 2 is 2.00 bits per heavy atom. The van der Waals surface area contributed by atoms with Gasteiger partial charge in [-0.15, -0.1) is 0 Å². The predicted octanol–water partition coefficient (Wildman–Crippen LogP) is 1.79. The molecule has 2 heterocycles. The Labute approximate surface area is 188 Å². The van der Waals surface area contributed by atoms with E-state index in [0.29, 0.717) is 48.8 Å². The molecule has 1 atom stereocenters. The summed E-state index contributed by atoms with van der Waals surface area (Å²) in [6, 6.07) is 0.451. The van der Waals surface area contributed by atoms with Crippen molar-refractivity contribution in [3.8, 4) is 11.5 Å². The number of unbranched alkanes of at least 4 members (excludes halogenated alkanes) is 1. The van der Waals surface area contributed by atoms with Gasteiger partial charge in [-0.3, -0.25) is 14.4 Å². The van der Waals surface area contributed by atoms with Crippen LogP contribution in [0.15, 0.2) is 21.5 Å². The van der Waals surface area contributed by atoms with Gasteiger partial charge in [0.25, 0.3) is 0 Å². The van der Waals surface area contributed by atoms with E-state index in [1.54, 1.807) is 6.20 Å². The number of aliphatic carboxylic acids is 1. The SMILES string of the molecule is COc1cc(O)c(C2=CN(CCCC[C@H](N)C(=O)O)C(=O)C2)c2oc(=O)c3c(c12)CCC3=O. The van der Waals surface area contributed by atoms with Gasteiger partial charge in [-0.05, 0) is 36.8 Å². The van der Waals surface area contributed by atoms with E-state index < -0.39 is 17.6 Å². The Morgan fingerprint density at radius 1 is 1.24 bits per heavy atom. The normalized spacial score (nSPS) is 16.3. The second-order valence-corrected chi connectivity index (χ2v) is 8.20. The highest BCUT2D eigenvalue weighted by Crippen LogP contribution is 2.44. The van der Waals surface area contributed by atoms with E-state index >= 15 is 0 Å². The number of carboxylic acid groups (broad SMARTS) is 1. The minimum absolute atomic E-state index is 0.00936. The molecule has 1 aromatic carbocycles. The fourth-order valence-corrected chi connectivity index (χ4v) is 4.45. The molecule has 1 aliphatic carbocycles. The monoisotopic (exact) mass is 456 g/mol. The second-order valence-electron chi connectivity index (χ2n) is 8.20. The van der Waals surface area contributed by atoms with E-state index in [2.05, 4.69) is 0 Å². The third-order valence-corrected chi connectivity index (χ3v) is 6.10. The van der Waals surface area contributed by atoms with E-state index in [-0.39, 0.29) is 52.7 Å². The number of aromatic hydroxyl groups is 1. The standard InChI is InChI=1S/C23H24N2O8/c1-32-16-9-15(27)18(21-20(16)12-5-6-14(26)19(12)23(31)33-21)11-8-17(28)25(10-11)7-3-2-4-13(24)22(29)30/h9-10,13,27H,2-8,24H2,1H3,(H,29,30)/t13-/m0/s1. The lowest BCUT2D eigenvalue weighted by atomic mass is 9.97. The summed E-state index contributed by atoms with van der Waals surface area (Å²) >= 11 is 0. The number of carbonyl (C=O) groups excluding carboxylic acids is 2. The quantitative estimate of drug-likeness (QED) is 0.397. The van der Waals surface area contributed by atoms with Crippen molar-refractivity contribution in [2.45, 2.75) is 44.6 Å². The summed E-state index contributed by atoms with van der Waals surface area (Å²) in [6.45, 7) is 0.359. The first-order valence-corrected chi connectivity index (χ1v) is 10.6. The number of methoxy groups -OCH3 is 1. The van der Waals surface area contributed by atoms with Crippen molar-refractivity contribution in [3.05, 3.63) is 39.4 Å². The van der Waals surface area contributed by atoms with Crippen LogP contribution in [0.4, 0.5) is 0 Å². The summed E-state index contributed by atoms with van der Waals surface area (Å²) < 4.78 is 10.9. The average molecular weight is 456 g/mol. The maximum atomic E-state index is 12.6. The number of Topliss-reactive ketones (excluding diaryl/α,β-unsaturated/α-hetero) is 1. The van der Waals surface area contributed by atoms with Crippen molar-refractivity contribution in [3.63, 3.8) is 0 Å². The van der Waals surface area contributed by atoms with Crippen LogP contribution < -0.4 is 16.1 Å². The third kappa shape index (κ3) is 3.97. The fraction of sp³-hybridized carbons (Fsp3) is 0.391. The number of rotatable bonds is 8. The van der Waals surface area contributed by atoms with Crippen LogP contribution in [0.1, 0.15) is 53.6 Å². The van der Waals surface area contributed by atoms with Crippen LogP contribution in [0.2, 0.25) is 0 Å². The highest BCUT2D eigenvalue weighted by Gasteiger charge is 2.33. The van der Waals surface area contributed by atoms with Crippen molar-refractivity contribution in [2.75, 3.05) is 13.7 Å². The van der Waals surface area contributed by atoms with E-state index in [1.165, 1.54) is 18.1 Å². The zero-order valence-electron chi connectivity index (χ0n) is 18.1. The summed E-state index contributed by atoms with van der Waals surface area (Å²) in [5.74, 6) is -1.49. The maximum Gasteiger partial charge on any atom is 0.347 e. The highest BCUT2D eigenvalue weighted by molar-refractivity contribution is 6.09. The molecule has 0 radical (unpaired) electrons. The summed E-state index contributed by atoms with van der Waals surface area (Å²) in [5, 5.41) is 20.0. The van der Waals surface area contributed by atoms with Gasteiger partial charge < -0.3 is 30.0 Å². The zero-order chi connectivity index (χ0) is 23.9. The van der Waals surface area contributed by atoms with Crippen molar-refractivity contribution >= 4 is 34.2 Å². The summed E-state index contributed by atoms with van der Waals surface area (Å²) in [4.78, 5) is 49.6. The number of amides is 1. The molecule has 1 aliphatic heterocycles. The van der Waals surface area contributed by atoms with E-state index in [1.807, 2.05) is 0 Å². The van der Waals surface area contributed by atoms with E-state index in [9.17, 15) is 24.3 Å². The molecular weight excluding hydrogens is 432 g/mol. The molecule has 4 N–H and O–H groups in total. The van der Waals surface area contributed by atoms with Crippen molar-refractivity contribution in [2.24, 2.45) is 5.73 Å². The number of benzene rings is 1. The molecule has 10 nitrogen and oxygen atoms in total. The number of carboxylic acids is 1. The Balaban J connectivity index is 1.69. The largest absolute Gasteiger partial charge is 0.507 e. The lowest BCUT2D eigenvalue weighted by Gasteiger charge is -2.14. The number of hydrogen-bond donors (Lipinski definition) is 3. The van der Waals surface area contributed by atoms with E-state index in [0.717, 1.165) is 0 Å². The first kappa shape index (κ1) is 22.5. The van der Waals surface area contributed by atoms with Gasteiger partial charge in [0.05, 0.1) is 24.5 Å². The van der Waals surface area contributed by atoms with Crippen molar-refractivity contribution in [1.29, 1.82) is 0 Å². The molecule has 4 rings (SSSR count).